The van der Waals surface area contributed by atoms with Crippen LogP contribution in [0.25, 0.3) is 0 Å². The van der Waals surface area contributed by atoms with E-state index in [0.29, 0.717) is 5.56 Å². The summed E-state index contributed by atoms with van der Waals surface area (Å²) in [6.07, 6.45) is 2.15. The van der Waals surface area contributed by atoms with Crippen molar-refractivity contribution in [2.45, 2.75) is 37.1 Å². The molecule has 0 N–H and O–H groups in total. The maximum Gasteiger partial charge on any atom is 0.255 e. The fraction of sp³-hybridized carbons (Fsp3) is 0.462. The van der Waals surface area contributed by atoms with E-state index in [4.69, 9.17) is 0 Å². The van der Waals surface area contributed by atoms with Crippen LogP contribution < -0.4 is 0 Å². The van der Waals surface area contributed by atoms with Crippen LogP contribution in [0.15, 0.2) is 27.6 Å². The zero-order valence-electron chi connectivity index (χ0n) is 10.0. The largest absolute Gasteiger partial charge is 0.333 e. The van der Waals surface area contributed by atoms with Gasteiger partial charge in [-0.05, 0) is 60.8 Å². The molecule has 0 aromatic heterocycles. The van der Waals surface area contributed by atoms with E-state index in [-0.39, 0.29) is 11.4 Å². The average molecular weight is 314 g/mol. The van der Waals surface area contributed by atoms with Gasteiger partial charge in [0.05, 0.1) is 5.56 Å². The quantitative estimate of drug-likeness (QED) is 0.783. The van der Waals surface area contributed by atoms with E-state index in [1.165, 1.54) is 0 Å². The lowest BCUT2D eigenvalue weighted by Gasteiger charge is -2.32. The fourth-order valence-electron chi connectivity index (χ4n) is 2.31. The maximum atomic E-state index is 12.5. The van der Waals surface area contributed by atoms with E-state index >= 15 is 0 Å². The summed E-state index contributed by atoms with van der Waals surface area (Å²) in [6, 6.07) is 5.57. The normalized spacial score (nSPS) is 18.5. The molecule has 2 nitrogen and oxygen atoms in total. The molecule has 0 radical (unpaired) electrons. The molecule has 0 unspecified atom stereocenters. The summed E-state index contributed by atoms with van der Waals surface area (Å²) in [5.74, 6) is 0.0928. The first kappa shape index (κ1) is 13.0. The van der Waals surface area contributed by atoms with E-state index in [2.05, 4.69) is 42.4 Å². The minimum Gasteiger partial charge on any atom is -0.333 e. The second kappa shape index (κ2) is 4.65. The van der Waals surface area contributed by atoms with Crippen LogP contribution in [0, 0.1) is 0 Å². The van der Waals surface area contributed by atoms with Crippen LogP contribution in [-0.2, 0) is 0 Å². The van der Waals surface area contributed by atoms with Crippen LogP contribution in [0.3, 0.4) is 0 Å². The molecular weight excluding hydrogens is 298 g/mol. The van der Waals surface area contributed by atoms with Crippen molar-refractivity contribution in [3.63, 3.8) is 0 Å². The minimum absolute atomic E-state index is 0.0386. The van der Waals surface area contributed by atoms with Crippen molar-refractivity contribution in [3.8, 4) is 0 Å². The monoisotopic (exact) mass is 313 g/mol. The second-order valence-corrected chi connectivity index (χ2v) is 6.41. The van der Waals surface area contributed by atoms with Crippen LogP contribution in [0.2, 0.25) is 0 Å². The van der Waals surface area contributed by atoms with Gasteiger partial charge in [0.25, 0.3) is 5.91 Å². The van der Waals surface area contributed by atoms with Gasteiger partial charge in [0.2, 0.25) is 0 Å². The number of rotatable bonds is 1. The van der Waals surface area contributed by atoms with Crippen LogP contribution in [0.1, 0.15) is 37.0 Å². The number of carbonyl (C=O) groups is 1. The standard InChI is InChI=1S/C13H16BrNOS/c1-13(2)6-3-7-15(13)12(16)10-8-9(17)4-5-11(10)14/h4-5,8,17H,3,6-7H2,1-2H3. The number of likely N-dealkylation sites (tertiary alicyclic amines) is 1. The van der Waals surface area contributed by atoms with Crippen LogP contribution in [-0.4, -0.2) is 22.9 Å². The number of hydrogen-bond acceptors (Lipinski definition) is 2. The first-order valence-electron chi connectivity index (χ1n) is 5.72. The summed E-state index contributed by atoms with van der Waals surface area (Å²) in [5, 5.41) is 0. The van der Waals surface area contributed by atoms with Crippen LogP contribution >= 0.6 is 28.6 Å². The van der Waals surface area contributed by atoms with Crippen molar-refractivity contribution >= 4 is 34.5 Å². The maximum absolute atomic E-state index is 12.5. The Labute approximate surface area is 116 Å². The van der Waals surface area contributed by atoms with Gasteiger partial charge in [-0.15, -0.1) is 12.6 Å². The third-order valence-electron chi connectivity index (χ3n) is 3.33. The predicted octanol–water partition coefficient (Wildman–Crippen LogP) is 3.75. The Morgan fingerprint density at radius 3 is 2.76 bits per heavy atom. The molecule has 1 heterocycles. The highest BCUT2D eigenvalue weighted by molar-refractivity contribution is 9.10. The highest BCUT2D eigenvalue weighted by Gasteiger charge is 2.36. The van der Waals surface area contributed by atoms with E-state index in [9.17, 15) is 4.79 Å². The van der Waals surface area contributed by atoms with Gasteiger partial charge in [-0.3, -0.25) is 4.79 Å². The Hall–Kier alpha value is -0.480. The van der Waals surface area contributed by atoms with Crippen molar-refractivity contribution in [2.24, 2.45) is 0 Å². The van der Waals surface area contributed by atoms with Crippen molar-refractivity contribution in [3.05, 3.63) is 28.2 Å². The SMILES string of the molecule is CC1(C)CCCN1C(=O)c1cc(S)ccc1Br. The van der Waals surface area contributed by atoms with Crippen LogP contribution in [0.5, 0.6) is 0 Å². The van der Waals surface area contributed by atoms with Gasteiger partial charge in [0, 0.05) is 21.5 Å². The second-order valence-electron chi connectivity index (χ2n) is 5.04. The Bertz CT molecular complexity index is 459. The third-order valence-corrected chi connectivity index (χ3v) is 4.30. The Balaban J connectivity index is 2.34. The molecule has 0 aliphatic carbocycles. The highest BCUT2D eigenvalue weighted by Crippen LogP contribution is 2.31. The molecule has 1 amide bonds. The van der Waals surface area contributed by atoms with Gasteiger partial charge < -0.3 is 4.90 Å². The lowest BCUT2D eigenvalue weighted by Crippen LogP contribution is -2.42. The summed E-state index contributed by atoms with van der Waals surface area (Å²) in [7, 11) is 0. The van der Waals surface area contributed by atoms with E-state index < -0.39 is 0 Å². The van der Waals surface area contributed by atoms with E-state index in [1.807, 2.05) is 23.1 Å². The average Bonchev–Trinajstić information content (AvgIpc) is 2.61. The van der Waals surface area contributed by atoms with Crippen molar-refractivity contribution in [1.82, 2.24) is 4.90 Å². The Kier molecular flexibility index (Phi) is 3.55. The number of halogens is 1. The lowest BCUT2D eigenvalue weighted by atomic mass is 10.0. The van der Waals surface area contributed by atoms with Gasteiger partial charge in [0.15, 0.2) is 0 Å². The molecule has 1 fully saturated rings. The van der Waals surface area contributed by atoms with E-state index in [0.717, 1.165) is 28.8 Å². The molecule has 1 saturated heterocycles. The highest BCUT2D eigenvalue weighted by atomic mass is 79.9. The van der Waals surface area contributed by atoms with E-state index in [1.54, 1.807) is 0 Å². The molecule has 0 atom stereocenters. The number of thiol groups is 1. The van der Waals surface area contributed by atoms with Crippen LogP contribution in [0.4, 0.5) is 0 Å². The Morgan fingerprint density at radius 2 is 2.18 bits per heavy atom. The van der Waals surface area contributed by atoms with Crippen molar-refractivity contribution in [2.75, 3.05) is 6.54 Å². The van der Waals surface area contributed by atoms with Gasteiger partial charge in [-0.2, -0.15) is 0 Å². The summed E-state index contributed by atoms with van der Waals surface area (Å²) in [5.41, 5.74) is 0.663. The zero-order valence-corrected chi connectivity index (χ0v) is 12.5. The molecule has 1 aliphatic heterocycles. The zero-order chi connectivity index (χ0) is 12.6. The minimum atomic E-state index is -0.0386. The van der Waals surface area contributed by atoms with Gasteiger partial charge in [0.1, 0.15) is 0 Å². The number of benzene rings is 1. The number of amides is 1. The lowest BCUT2D eigenvalue weighted by molar-refractivity contribution is 0.0651. The van der Waals surface area contributed by atoms with Crippen molar-refractivity contribution in [1.29, 1.82) is 0 Å². The molecule has 4 heteroatoms. The molecule has 0 spiro atoms. The molecule has 0 bridgehead atoms. The van der Waals surface area contributed by atoms with Gasteiger partial charge in [-0.1, -0.05) is 0 Å². The summed E-state index contributed by atoms with van der Waals surface area (Å²) >= 11 is 7.72. The molecule has 0 saturated carbocycles. The van der Waals surface area contributed by atoms with Gasteiger partial charge >= 0.3 is 0 Å². The van der Waals surface area contributed by atoms with Gasteiger partial charge in [-0.25, -0.2) is 0 Å². The molecule has 1 aromatic rings. The molecular formula is C13H16BrNOS. The summed E-state index contributed by atoms with van der Waals surface area (Å²) < 4.78 is 0.836. The molecule has 17 heavy (non-hydrogen) atoms. The first-order valence-corrected chi connectivity index (χ1v) is 6.96. The third kappa shape index (κ3) is 2.52. The topological polar surface area (TPSA) is 20.3 Å². The molecule has 2 rings (SSSR count). The predicted molar refractivity (Wildman–Crippen MR) is 75.7 cm³/mol. The number of nitrogens with zero attached hydrogens (tertiary/aromatic N) is 1. The first-order chi connectivity index (χ1) is 7.92. The molecule has 1 aromatic carbocycles. The molecule has 1 aliphatic rings. The number of carbonyl (C=O) groups excluding carboxylic acids is 1. The smallest absolute Gasteiger partial charge is 0.255 e. The summed E-state index contributed by atoms with van der Waals surface area (Å²) in [4.78, 5) is 15.3. The fourth-order valence-corrected chi connectivity index (χ4v) is 2.93. The van der Waals surface area contributed by atoms with Crippen molar-refractivity contribution < 1.29 is 4.79 Å². The number of hydrogen-bond donors (Lipinski definition) is 1. The molecule has 92 valence electrons. The Morgan fingerprint density at radius 1 is 1.47 bits per heavy atom. The summed E-state index contributed by atoms with van der Waals surface area (Å²) in [6.45, 7) is 5.09.